The zero-order valence-electron chi connectivity index (χ0n) is 20.0. The van der Waals surface area contributed by atoms with Gasteiger partial charge in [0.25, 0.3) is 5.91 Å². The van der Waals surface area contributed by atoms with Crippen molar-refractivity contribution < 1.29 is 31.9 Å². The van der Waals surface area contributed by atoms with Gasteiger partial charge in [-0.05, 0) is 30.3 Å². The van der Waals surface area contributed by atoms with Crippen molar-refractivity contribution in [2.24, 2.45) is 7.05 Å². The zero-order valence-corrected chi connectivity index (χ0v) is 20.0. The average Bonchev–Trinajstić information content (AvgIpc) is 3.30. The molecule has 14 heteroatoms. The number of aryl methyl sites for hydroxylation is 1. The molecule has 3 N–H and O–H groups in total. The number of nitrogens with zero attached hydrogens (tertiary/aromatic N) is 4. The molecule has 0 saturated heterocycles. The van der Waals surface area contributed by atoms with Crippen molar-refractivity contribution in [2.75, 3.05) is 24.4 Å². The fourth-order valence-electron chi connectivity index (χ4n) is 3.39. The normalized spacial score (nSPS) is 11.2. The van der Waals surface area contributed by atoms with Crippen LogP contribution in [0, 0.1) is 5.82 Å². The third-order valence-electron chi connectivity index (χ3n) is 4.98. The Kier molecular flexibility index (Phi) is 7.71. The number of anilines is 4. The van der Waals surface area contributed by atoms with Gasteiger partial charge in [0.1, 0.15) is 17.5 Å². The number of pyridine rings is 2. The van der Waals surface area contributed by atoms with Crippen molar-refractivity contribution in [3.63, 3.8) is 0 Å². The first-order valence-electron chi connectivity index (χ1n) is 10.9. The van der Waals surface area contributed by atoms with Crippen LogP contribution in [0.5, 0.6) is 5.75 Å². The van der Waals surface area contributed by atoms with Gasteiger partial charge in [0.15, 0.2) is 12.4 Å². The number of hydroxylamine groups is 1. The quantitative estimate of drug-likeness (QED) is 0.210. The lowest BCUT2D eigenvalue weighted by Crippen LogP contribution is -2.23. The number of alkyl halides is 3. The molecule has 0 saturated carbocycles. The minimum absolute atomic E-state index is 0.00877. The zero-order chi connectivity index (χ0) is 27.3. The van der Waals surface area contributed by atoms with E-state index in [9.17, 15) is 22.4 Å². The molecule has 0 aliphatic rings. The summed E-state index contributed by atoms with van der Waals surface area (Å²) in [6.45, 7) is -1.55. The maximum absolute atomic E-state index is 13.2. The number of ether oxygens (including phenoxy) is 1. The van der Waals surface area contributed by atoms with E-state index in [2.05, 4.69) is 31.2 Å². The molecule has 1 aromatic carbocycles. The summed E-state index contributed by atoms with van der Waals surface area (Å²) in [5, 5.41) is 10.1. The number of hydrogen-bond acceptors (Lipinski definition) is 8. The predicted molar refractivity (Wildman–Crippen MR) is 130 cm³/mol. The fraction of sp³-hybridized carbons (Fsp3) is 0.167. The molecule has 0 atom stereocenters. The molecule has 0 radical (unpaired) electrons. The Labute approximate surface area is 213 Å². The Balaban J connectivity index is 1.76. The van der Waals surface area contributed by atoms with Gasteiger partial charge in [0, 0.05) is 31.1 Å². The van der Waals surface area contributed by atoms with E-state index in [1.165, 1.54) is 42.3 Å². The van der Waals surface area contributed by atoms with Crippen LogP contribution in [0.1, 0.15) is 10.4 Å². The molecule has 0 bridgehead atoms. The first-order chi connectivity index (χ1) is 18.1. The van der Waals surface area contributed by atoms with Crippen molar-refractivity contribution in [2.45, 2.75) is 6.18 Å². The lowest BCUT2D eigenvalue weighted by molar-refractivity contribution is -0.153. The summed E-state index contributed by atoms with van der Waals surface area (Å²) in [5.41, 5.74) is 3.14. The van der Waals surface area contributed by atoms with Crippen LogP contribution in [0.2, 0.25) is 0 Å². The van der Waals surface area contributed by atoms with Gasteiger partial charge in [-0.3, -0.25) is 14.3 Å². The monoisotopic (exact) mass is 531 g/mol. The lowest BCUT2D eigenvalue weighted by Gasteiger charge is -2.19. The van der Waals surface area contributed by atoms with E-state index in [0.29, 0.717) is 11.3 Å². The largest absolute Gasteiger partial charge is 0.481 e. The minimum Gasteiger partial charge on any atom is -0.481 e. The van der Waals surface area contributed by atoms with Gasteiger partial charge in [0.05, 0.1) is 35.9 Å². The number of hydrogen-bond donors (Lipinski definition) is 3. The molecule has 4 rings (SSSR count). The molecule has 0 spiro atoms. The Bertz CT molecular complexity index is 1430. The highest BCUT2D eigenvalue weighted by Gasteiger charge is 2.30. The van der Waals surface area contributed by atoms with E-state index >= 15 is 0 Å². The van der Waals surface area contributed by atoms with E-state index in [4.69, 9.17) is 9.57 Å². The number of benzene rings is 1. The lowest BCUT2D eigenvalue weighted by atomic mass is 10.1. The number of carbonyl (C=O) groups is 1. The van der Waals surface area contributed by atoms with Gasteiger partial charge in [-0.25, -0.2) is 19.8 Å². The van der Waals surface area contributed by atoms with Gasteiger partial charge in [-0.1, -0.05) is 6.07 Å². The maximum atomic E-state index is 13.2. The number of para-hydroxylation sites is 1. The van der Waals surface area contributed by atoms with Crippen molar-refractivity contribution in [1.82, 2.24) is 25.2 Å². The smallest absolute Gasteiger partial charge is 0.422 e. The summed E-state index contributed by atoms with van der Waals surface area (Å²) in [7, 11) is 2.91. The van der Waals surface area contributed by atoms with Crippen LogP contribution >= 0.6 is 0 Å². The number of amides is 1. The molecule has 4 aromatic rings. The highest BCUT2D eigenvalue weighted by Crippen LogP contribution is 2.39. The number of halogens is 4. The highest BCUT2D eigenvalue weighted by atomic mass is 19.4. The number of rotatable bonds is 9. The molecule has 1 amide bonds. The summed E-state index contributed by atoms with van der Waals surface area (Å²) in [5.74, 6) is -0.859. The standard InChI is InChI=1S/C24H21F4N7O3/c1-35-9-8-17(33-35)15-4-3-5-18(22(15)38-13-24(26,27)28)31-19-10-21(30-12-16(19)23(36)34-37-2)32-20-7-6-14(25)11-29-20/h3-12H,13H2,1-2H3,(H,34,36)(H2,29,30,31,32). The summed E-state index contributed by atoms with van der Waals surface area (Å²) < 4.78 is 59.2. The van der Waals surface area contributed by atoms with E-state index in [0.717, 1.165) is 6.20 Å². The summed E-state index contributed by atoms with van der Waals surface area (Å²) in [6, 6.07) is 10.3. The van der Waals surface area contributed by atoms with E-state index in [1.807, 2.05) is 0 Å². The molecule has 0 fully saturated rings. The molecule has 38 heavy (non-hydrogen) atoms. The first-order valence-corrected chi connectivity index (χ1v) is 10.9. The second-order valence-corrected chi connectivity index (χ2v) is 7.82. The first kappa shape index (κ1) is 26.3. The van der Waals surface area contributed by atoms with Crippen LogP contribution in [0.3, 0.4) is 0 Å². The molecule has 0 unspecified atom stereocenters. The minimum atomic E-state index is -4.60. The van der Waals surface area contributed by atoms with Crippen LogP contribution in [-0.2, 0) is 11.9 Å². The molecule has 198 valence electrons. The Morgan fingerprint density at radius 3 is 2.47 bits per heavy atom. The van der Waals surface area contributed by atoms with Gasteiger partial charge < -0.3 is 15.4 Å². The number of aromatic nitrogens is 4. The predicted octanol–water partition coefficient (Wildman–Crippen LogP) is 4.74. The Morgan fingerprint density at radius 1 is 1.03 bits per heavy atom. The SMILES string of the molecule is CONC(=O)c1cnc(Nc2ccc(F)cn2)cc1Nc1cccc(-c2ccn(C)n2)c1OCC(F)(F)F. The van der Waals surface area contributed by atoms with Crippen LogP contribution < -0.4 is 20.9 Å². The van der Waals surface area contributed by atoms with Gasteiger partial charge in [-0.15, -0.1) is 0 Å². The van der Waals surface area contributed by atoms with Gasteiger partial charge in [0.2, 0.25) is 0 Å². The van der Waals surface area contributed by atoms with Crippen molar-refractivity contribution in [3.8, 4) is 17.0 Å². The molecular weight excluding hydrogens is 510 g/mol. The second-order valence-electron chi connectivity index (χ2n) is 7.82. The average molecular weight is 531 g/mol. The number of carbonyl (C=O) groups excluding carboxylic acids is 1. The second kappa shape index (κ2) is 11.1. The maximum Gasteiger partial charge on any atom is 0.422 e. The van der Waals surface area contributed by atoms with E-state index in [-0.39, 0.29) is 34.3 Å². The van der Waals surface area contributed by atoms with E-state index < -0.39 is 24.5 Å². The topological polar surface area (TPSA) is 115 Å². The Hall–Kier alpha value is -4.72. The fourth-order valence-corrected chi connectivity index (χ4v) is 3.39. The molecule has 0 aliphatic carbocycles. The van der Waals surface area contributed by atoms with E-state index in [1.54, 1.807) is 31.4 Å². The third-order valence-corrected chi connectivity index (χ3v) is 4.98. The third kappa shape index (κ3) is 6.53. The molecular formula is C24H21F4N7O3. The van der Waals surface area contributed by atoms with Gasteiger partial charge >= 0.3 is 6.18 Å². The van der Waals surface area contributed by atoms with Gasteiger partial charge in [-0.2, -0.15) is 18.3 Å². The van der Waals surface area contributed by atoms with Crippen LogP contribution in [0.25, 0.3) is 11.3 Å². The van der Waals surface area contributed by atoms with Crippen LogP contribution in [0.4, 0.5) is 40.6 Å². The Morgan fingerprint density at radius 2 is 1.82 bits per heavy atom. The molecule has 3 aromatic heterocycles. The number of nitrogens with one attached hydrogen (secondary N) is 3. The van der Waals surface area contributed by atoms with Crippen molar-refractivity contribution >= 4 is 28.9 Å². The van der Waals surface area contributed by atoms with Crippen LogP contribution in [-0.4, -0.2) is 45.5 Å². The summed E-state index contributed by atoms with van der Waals surface area (Å²) in [6.07, 6.45) is -0.731. The summed E-state index contributed by atoms with van der Waals surface area (Å²) in [4.78, 5) is 25.4. The summed E-state index contributed by atoms with van der Waals surface area (Å²) >= 11 is 0. The van der Waals surface area contributed by atoms with Crippen molar-refractivity contribution in [1.29, 1.82) is 0 Å². The molecule has 0 aliphatic heterocycles. The van der Waals surface area contributed by atoms with Crippen molar-refractivity contribution in [3.05, 3.63) is 72.4 Å². The van der Waals surface area contributed by atoms with Crippen LogP contribution in [0.15, 0.2) is 61.1 Å². The molecule has 3 heterocycles. The highest BCUT2D eigenvalue weighted by molar-refractivity contribution is 6.00. The molecule has 10 nitrogen and oxygen atoms in total.